The summed E-state index contributed by atoms with van der Waals surface area (Å²) >= 11 is 5.69. The maximum Gasteiger partial charge on any atom is 0.341 e. The lowest BCUT2D eigenvalue weighted by Gasteiger charge is -2.06. The van der Waals surface area contributed by atoms with E-state index in [1.165, 1.54) is 12.1 Å². The molecular weight excluding hydrogens is 275 g/mol. The van der Waals surface area contributed by atoms with Crippen LogP contribution in [0.25, 0.3) is 0 Å². The first-order chi connectivity index (χ1) is 9.15. The molecule has 0 spiro atoms. The summed E-state index contributed by atoms with van der Waals surface area (Å²) in [6, 6.07) is 3.75. The van der Waals surface area contributed by atoms with Crippen LogP contribution in [0.3, 0.4) is 0 Å². The van der Waals surface area contributed by atoms with Crippen LogP contribution in [-0.4, -0.2) is 39.5 Å². The number of carbonyl (C=O) groups is 1. The van der Waals surface area contributed by atoms with E-state index in [1.54, 1.807) is 7.11 Å². The van der Waals surface area contributed by atoms with Gasteiger partial charge in [-0.05, 0) is 18.2 Å². The monoisotopic (exact) mass is 290 g/mol. The number of ether oxygens (including phenoxy) is 3. The topological polar surface area (TPSA) is 44.8 Å². The lowest BCUT2D eigenvalue weighted by Crippen LogP contribution is -2.11. The van der Waals surface area contributed by atoms with Crippen molar-refractivity contribution in [3.8, 4) is 0 Å². The molecule has 1 aromatic rings. The van der Waals surface area contributed by atoms with Crippen LogP contribution in [0.5, 0.6) is 0 Å². The van der Waals surface area contributed by atoms with Crippen LogP contribution in [-0.2, 0) is 14.2 Å². The lowest BCUT2D eigenvalue weighted by molar-refractivity contribution is 0.0382. The molecule has 0 fully saturated rings. The molecule has 0 radical (unpaired) electrons. The Morgan fingerprint density at radius 2 is 2.05 bits per heavy atom. The molecule has 19 heavy (non-hydrogen) atoms. The minimum atomic E-state index is -0.725. The van der Waals surface area contributed by atoms with E-state index in [0.717, 1.165) is 6.07 Å². The highest BCUT2D eigenvalue weighted by Gasteiger charge is 2.13. The molecule has 0 aromatic heterocycles. The van der Waals surface area contributed by atoms with Crippen molar-refractivity contribution in [2.24, 2.45) is 0 Å². The number of benzene rings is 1. The van der Waals surface area contributed by atoms with Gasteiger partial charge in [-0.1, -0.05) is 11.6 Å². The molecule has 0 aliphatic rings. The zero-order chi connectivity index (χ0) is 14.1. The number of carbonyl (C=O) groups excluding carboxylic acids is 1. The third kappa shape index (κ3) is 6.00. The molecule has 0 heterocycles. The maximum absolute atomic E-state index is 13.3. The minimum Gasteiger partial charge on any atom is -0.462 e. The van der Waals surface area contributed by atoms with E-state index in [-0.39, 0.29) is 17.2 Å². The van der Waals surface area contributed by atoms with Gasteiger partial charge in [-0.2, -0.15) is 0 Å². The Labute approximate surface area is 116 Å². The van der Waals surface area contributed by atoms with Crippen molar-refractivity contribution < 1.29 is 23.4 Å². The fourth-order valence-corrected chi connectivity index (χ4v) is 1.47. The van der Waals surface area contributed by atoms with Crippen molar-refractivity contribution >= 4 is 17.6 Å². The third-order valence-corrected chi connectivity index (χ3v) is 2.48. The molecule has 0 aliphatic heterocycles. The summed E-state index contributed by atoms with van der Waals surface area (Å²) in [6.07, 6.45) is 0.539. The third-order valence-electron chi connectivity index (χ3n) is 2.25. The van der Waals surface area contributed by atoms with E-state index in [9.17, 15) is 9.18 Å². The average molecular weight is 291 g/mol. The lowest BCUT2D eigenvalue weighted by atomic mass is 10.2. The summed E-state index contributed by atoms with van der Waals surface area (Å²) in [5, 5.41) is 0.288. The summed E-state index contributed by atoms with van der Waals surface area (Å²) in [6.45, 7) is 1.63. The van der Waals surface area contributed by atoms with Crippen molar-refractivity contribution in [2.75, 3.05) is 33.5 Å². The molecule has 1 aromatic carbocycles. The Bertz CT molecular complexity index is 412. The number of rotatable bonds is 8. The largest absolute Gasteiger partial charge is 0.462 e. The molecule has 0 unspecified atom stereocenters. The predicted octanol–water partition coefficient (Wildman–Crippen LogP) is 2.69. The van der Waals surface area contributed by atoms with Gasteiger partial charge in [-0.3, -0.25) is 0 Å². The average Bonchev–Trinajstić information content (AvgIpc) is 2.40. The SMILES string of the molecule is COCCOCCCOC(=O)c1cc(Cl)ccc1F. The first kappa shape index (κ1) is 15.9. The van der Waals surface area contributed by atoms with E-state index >= 15 is 0 Å². The molecular formula is C13H16ClFO4. The van der Waals surface area contributed by atoms with Gasteiger partial charge in [0.15, 0.2) is 0 Å². The summed E-state index contributed by atoms with van der Waals surface area (Å²) in [4.78, 5) is 11.6. The van der Waals surface area contributed by atoms with E-state index in [0.29, 0.717) is 26.2 Å². The molecule has 0 N–H and O–H groups in total. The first-order valence-corrected chi connectivity index (χ1v) is 6.22. The van der Waals surface area contributed by atoms with Gasteiger partial charge in [0.05, 0.1) is 25.4 Å². The van der Waals surface area contributed by atoms with Crippen LogP contribution in [0.4, 0.5) is 4.39 Å². The normalized spacial score (nSPS) is 10.5. The van der Waals surface area contributed by atoms with Crippen molar-refractivity contribution in [1.29, 1.82) is 0 Å². The quantitative estimate of drug-likeness (QED) is 0.545. The van der Waals surface area contributed by atoms with Crippen LogP contribution in [0.2, 0.25) is 5.02 Å². The number of hydrogen-bond donors (Lipinski definition) is 0. The van der Waals surface area contributed by atoms with Crippen molar-refractivity contribution in [2.45, 2.75) is 6.42 Å². The van der Waals surface area contributed by atoms with E-state index in [1.807, 2.05) is 0 Å². The zero-order valence-electron chi connectivity index (χ0n) is 10.7. The molecule has 0 saturated heterocycles. The fourth-order valence-electron chi connectivity index (χ4n) is 1.30. The van der Waals surface area contributed by atoms with Crippen LogP contribution in [0, 0.1) is 5.82 Å². The second kappa shape index (κ2) is 8.85. The van der Waals surface area contributed by atoms with Crippen LogP contribution in [0.1, 0.15) is 16.8 Å². The molecule has 6 heteroatoms. The number of esters is 1. The predicted molar refractivity (Wildman–Crippen MR) is 69.0 cm³/mol. The van der Waals surface area contributed by atoms with Gasteiger partial charge >= 0.3 is 5.97 Å². The molecule has 0 amide bonds. The Hall–Kier alpha value is -1.17. The highest BCUT2D eigenvalue weighted by molar-refractivity contribution is 6.30. The first-order valence-electron chi connectivity index (χ1n) is 5.84. The van der Waals surface area contributed by atoms with E-state index in [2.05, 4.69) is 0 Å². The molecule has 1 rings (SSSR count). The molecule has 0 saturated carbocycles. The van der Waals surface area contributed by atoms with Gasteiger partial charge in [0.1, 0.15) is 5.82 Å². The fraction of sp³-hybridized carbons (Fsp3) is 0.462. The Morgan fingerprint density at radius 1 is 1.26 bits per heavy atom. The summed E-state index contributed by atoms with van der Waals surface area (Å²) in [5.41, 5.74) is -0.159. The maximum atomic E-state index is 13.3. The molecule has 0 atom stereocenters. The Balaban J connectivity index is 2.26. The van der Waals surface area contributed by atoms with E-state index in [4.69, 9.17) is 25.8 Å². The van der Waals surface area contributed by atoms with Crippen LogP contribution < -0.4 is 0 Å². The molecule has 0 aliphatic carbocycles. The smallest absolute Gasteiger partial charge is 0.341 e. The number of methoxy groups -OCH3 is 1. The van der Waals surface area contributed by atoms with E-state index < -0.39 is 11.8 Å². The highest BCUT2D eigenvalue weighted by atomic mass is 35.5. The standard InChI is InChI=1S/C13H16ClFO4/c1-17-7-8-18-5-2-6-19-13(16)11-9-10(14)3-4-12(11)15/h3-4,9H,2,5-8H2,1H3. The molecule has 4 nitrogen and oxygen atoms in total. The minimum absolute atomic E-state index is 0.159. The van der Waals surface area contributed by atoms with Crippen molar-refractivity contribution in [3.63, 3.8) is 0 Å². The van der Waals surface area contributed by atoms with Crippen LogP contribution in [0.15, 0.2) is 18.2 Å². The molecule has 0 bridgehead atoms. The summed E-state index contributed by atoms with van der Waals surface area (Å²) < 4.78 is 28.3. The summed E-state index contributed by atoms with van der Waals surface area (Å²) in [7, 11) is 1.59. The van der Waals surface area contributed by atoms with Crippen molar-refractivity contribution in [1.82, 2.24) is 0 Å². The highest BCUT2D eigenvalue weighted by Crippen LogP contribution is 2.15. The van der Waals surface area contributed by atoms with Gasteiger partial charge in [-0.25, -0.2) is 9.18 Å². The second-order valence-electron chi connectivity index (χ2n) is 3.72. The van der Waals surface area contributed by atoms with Gasteiger partial charge in [-0.15, -0.1) is 0 Å². The van der Waals surface area contributed by atoms with Gasteiger partial charge in [0.25, 0.3) is 0 Å². The van der Waals surface area contributed by atoms with Gasteiger partial charge in [0.2, 0.25) is 0 Å². The van der Waals surface area contributed by atoms with Gasteiger partial charge in [0, 0.05) is 25.2 Å². The Morgan fingerprint density at radius 3 is 2.79 bits per heavy atom. The van der Waals surface area contributed by atoms with Gasteiger partial charge < -0.3 is 14.2 Å². The molecule has 106 valence electrons. The number of halogens is 2. The number of hydrogen-bond acceptors (Lipinski definition) is 4. The zero-order valence-corrected chi connectivity index (χ0v) is 11.4. The second-order valence-corrected chi connectivity index (χ2v) is 4.16. The van der Waals surface area contributed by atoms with Crippen LogP contribution >= 0.6 is 11.6 Å². The summed E-state index contributed by atoms with van der Waals surface area (Å²) in [5.74, 6) is -1.37. The van der Waals surface area contributed by atoms with Crippen molar-refractivity contribution in [3.05, 3.63) is 34.6 Å². The Kier molecular flexibility index (Phi) is 7.40.